The number of hydrogen-bond acceptors (Lipinski definition) is 0. The van der Waals surface area contributed by atoms with Gasteiger partial charge in [-0.2, -0.15) is 0 Å². The van der Waals surface area contributed by atoms with Crippen molar-refractivity contribution < 1.29 is 15.4 Å². The van der Waals surface area contributed by atoms with Gasteiger partial charge in [0.05, 0.1) is 0 Å². The first-order valence-electron chi connectivity index (χ1n) is 0.354. The van der Waals surface area contributed by atoms with Crippen LogP contribution < -0.4 is 0 Å². The molecule has 0 N–H and O–H groups in total. The van der Waals surface area contributed by atoms with Crippen molar-refractivity contribution >= 4 is 113 Å². The molecule has 0 bridgehead atoms. The summed E-state index contributed by atoms with van der Waals surface area (Å²) in [6, 6.07) is 0. The van der Waals surface area contributed by atoms with E-state index in [1.54, 1.807) is 0 Å². The summed E-state index contributed by atoms with van der Waals surface area (Å²) in [5, 5.41) is 0. The van der Waals surface area contributed by atoms with Gasteiger partial charge in [0.2, 0.25) is 0 Å². The fourth-order valence-corrected chi connectivity index (χ4v) is 0. The fraction of sp³-hybridized carbons (Fsp3) is 0. The fourth-order valence-electron chi connectivity index (χ4n) is 0. The monoisotopic (exact) mass is 299 g/mol. The van der Waals surface area contributed by atoms with Crippen LogP contribution in [0, 0.1) is 0 Å². The Morgan fingerprint density at radius 2 is 1.20 bits per heavy atom. The zero-order valence-electron chi connectivity index (χ0n) is 1.35. The molecular weight excluding hydrogens is 288 g/mol. The minimum absolute atomic E-state index is 0. The molecule has 29 valence electrons. The van der Waals surface area contributed by atoms with Crippen LogP contribution >= 0.6 is 0 Å². The molecule has 0 aromatic rings. The van der Waals surface area contributed by atoms with Crippen molar-refractivity contribution in [2.45, 2.75) is 0 Å². The molecule has 0 unspecified atom stereocenters. The Hall–Kier alpha value is 4.10. The summed E-state index contributed by atoms with van der Waals surface area (Å²) < 4.78 is 0. The molecule has 0 atom stereocenters. The molecule has 0 aliphatic rings. The van der Waals surface area contributed by atoms with Gasteiger partial charge in [0.25, 0.3) is 0 Å². The standard InChI is InChI=1S/Al.Ba.Ca.Fe.H3Si.7H/h;;;;1H3;;;;;;;. The summed E-state index contributed by atoms with van der Waals surface area (Å²) in [5.74, 6) is 0. The first kappa shape index (κ1) is 23.0. The van der Waals surface area contributed by atoms with E-state index >= 15 is 0 Å². The van der Waals surface area contributed by atoms with E-state index in [-0.39, 0.29) is 104 Å². The number of hydrogen-bond donors (Lipinski definition) is 0. The first-order valence-corrected chi connectivity index (χ1v) is 4.37. The summed E-state index contributed by atoms with van der Waals surface area (Å²) in [6.45, 7) is 0. The van der Waals surface area contributed by atoms with Crippen LogP contribution in [0.1, 0.15) is 0 Å². The van der Waals surface area contributed by atoms with E-state index in [4.69, 9.17) is 0 Å². The Morgan fingerprint density at radius 1 is 1.20 bits per heavy atom. The molecule has 0 aromatic heterocycles. The third-order valence-electron chi connectivity index (χ3n) is 0. The van der Waals surface area contributed by atoms with Crippen molar-refractivity contribution in [1.82, 2.24) is 0 Å². The quantitative estimate of drug-likeness (QED) is 0.398. The summed E-state index contributed by atoms with van der Waals surface area (Å²) in [5.41, 5.74) is 0. The Morgan fingerprint density at radius 3 is 1.20 bits per heavy atom. The molecular formula is H10AlBaCaFeSi. The van der Waals surface area contributed by atoms with E-state index in [1.807, 2.05) is 0 Å². The Bertz CT molecular complexity index is 11.6. The van der Waals surface area contributed by atoms with Crippen LogP contribution in [-0.2, 0) is 15.4 Å². The van der Waals surface area contributed by atoms with Crippen molar-refractivity contribution in [2.24, 2.45) is 0 Å². The van der Waals surface area contributed by atoms with Gasteiger partial charge in [0.15, 0.2) is 17.4 Å². The molecule has 0 rings (SSSR count). The van der Waals surface area contributed by atoms with Crippen molar-refractivity contribution in [3.63, 3.8) is 0 Å². The predicted octanol–water partition coefficient (Wildman–Crippen LogP) is -4.20. The normalized spacial score (nSPS) is 1.80. The molecule has 5 heteroatoms. The Balaban J connectivity index is -0.00000000167. The molecule has 0 aromatic carbocycles. The van der Waals surface area contributed by atoms with E-state index in [9.17, 15) is 0 Å². The molecule has 0 saturated heterocycles. The first-order chi connectivity index (χ1) is 1.00. The predicted molar refractivity (Wildman–Crippen MR) is 37.0 cm³/mol. The second-order valence-corrected chi connectivity index (χ2v) is 0. The molecule has 0 nitrogen and oxygen atoms in total. The third-order valence-corrected chi connectivity index (χ3v) is 0. The SMILES string of the molecule is [AlH3].[BaH2].[CaH2].[SiH3][Fe]. The van der Waals surface area contributed by atoms with Gasteiger partial charge in [-0.25, -0.2) is 0 Å². The molecule has 5 heavy (non-hydrogen) atoms. The average Bonchev–Trinajstić information content (AvgIpc) is 1.00. The summed E-state index contributed by atoms with van der Waals surface area (Å²) in [6.07, 6.45) is 0. The summed E-state index contributed by atoms with van der Waals surface area (Å²) >= 11 is 3.39. The number of rotatable bonds is 0. The van der Waals surface area contributed by atoms with E-state index in [0.717, 1.165) is 8.85 Å². The second kappa shape index (κ2) is 24.3. The summed E-state index contributed by atoms with van der Waals surface area (Å²) in [4.78, 5) is 0. The third kappa shape index (κ3) is 17.9. The van der Waals surface area contributed by atoms with Gasteiger partial charge in [0, 0.05) is 0 Å². The maximum absolute atomic E-state index is 3.39. The molecule has 0 heterocycles. The second-order valence-electron chi connectivity index (χ2n) is 0. The van der Waals surface area contributed by atoms with E-state index in [2.05, 4.69) is 15.4 Å². The summed E-state index contributed by atoms with van der Waals surface area (Å²) in [7, 11) is 1.06. The maximum atomic E-state index is 3.39. The zero-order valence-corrected chi connectivity index (χ0v) is 4.46. The molecule has 0 saturated carbocycles. The average molecular weight is 298 g/mol. The van der Waals surface area contributed by atoms with Gasteiger partial charge in [-0.1, -0.05) is 0 Å². The van der Waals surface area contributed by atoms with Crippen molar-refractivity contribution in [3.8, 4) is 0 Å². The zero-order chi connectivity index (χ0) is 2.00. The van der Waals surface area contributed by atoms with Gasteiger partial charge in [0.1, 0.15) is 0 Å². The van der Waals surface area contributed by atoms with Crippen molar-refractivity contribution in [1.29, 1.82) is 0 Å². The van der Waals surface area contributed by atoms with Gasteiger partial charge >= 0.3 is 111 Å². The van der Waals surface area contributed by atoms with Gasteiger partial charge < -0.3 is 0 Å². The van der Waals surface area contributed by atoms with Crippen LogP contribution in [0.5, 0.6) is 0 Å². The molecule has 0 fully saturated rings. The molecule has 0 amide bonds. The molecule has 0 aliphatic heterocycles. The van der Waals surface area contributed by atoms with Gasteiger partial charge in [-0.3, -0.25) is 0 Å². The van der Waals surface area contributed by atoms with Crippen LogP contribution in [0.15, 0.2) is 0 Å². The van der Waals surface area contributed by atoms with Crippen molar-refractivity contribution in [3.05, 3.63) is 0 Å². The van der Waals surface area contributed by atoms with E-state index in [0.29, 0.717) is 0 Å². The van der Waals surface area contributed by atoms with Crippen LogP contribution in [0.2, 0.25) is 0 Å². The molecule has 0 radical (unpaired) electrons. The molecule has 0 aliphatic carbocycles. The Kier molecular flexibility index (Phi) is 112. The topological polar surface area (TPSA) is 0 Å². The van der Waals surface area contributed by atoms with Crippen LogP contribution in [-0.4, -0.2) is 113 Å². The van der Waals surface area contributed by atoms with Crippen LogP contribution in [0.4, 0.5) is 0 Å². The van der Waals surface area contributed by atoms with Gasteiger partial charge in [-0.05, 0) is 0 Å². The van der Waals surface area contributed by atoms with E-state index < -0.39 is 0 Å². The minimum atomic E-state index is 0. The van der Waals surface area contributed by atoms with Crippen LogP contribution in [0.3, 0.4) is 0 Å². The van der Waals surface area contributed by atoms with Crippen LogP contribution in [0.25, 0.3) is 0 Å². The van der Waals surface area contributed by atoms with E-state index in [1.165, 1.54) is 0 Å². The van der Waals surface area contributed by atoms with Gasteiger partial charge in [-0.15, -0.1) is 0 Å². The Labute approximate surface area is 124 Å². The van der Waals surface area contributed by atoms with Crippen molar-refractivity contribution in [2.75, 3.05) is 0 Å². The molecule has 0 spiro atoms.